The molecular formula is C10H9ClN2O2. The van der Waals surface area contributed by atoms with Gasteiger partial charge in [-0.25, -0.2) is 0 Å². The van der Waals surface area contributed by atoms with Crippen LogP contribution in [-0.2, 0) is 6.61 Å². The first-order valence-corrected chi connectivity index (χ1v) is 4.78. The summed E-state index contributed by atoms with van der Waals surface area (Å²) >= 11 is 5.83. The average molecular weight is 225 g/mol. The normalized spacial score (nSPS) is 10.6. The van der Waals surface area contributed by atoms with Crippen molar-refractivity contribution in [2.24, 2.45) is 0 Å². The Morgan fingerprint density at radius 3 is 2.87 bits per heavy atom. The third-order valence-electron chi connectivity index (χ3n) is 2.03. The third kappa shape index (κ3) is 2.00. The van der Waals surface area contributed by atoms with Gasteiger partial charge in [-0.2, -0.15) is 4.98 Å². The SMILES string of the molecule is Cc1cc(Cl)ccc1-c1nc(CO)no1. The van der Waals surface area contributed by atoms with Gasteiger partial charge >= 0.3 is 0 Å². The number of aliphatic hydroxyl groups is 1. The molecule has 1 aromatic carbocycles. The second kappa shape index (κ2) is 4.00. The van der Waals surface area contributed by atoms with Gasteiger partial charge in [0.2, 0.25) is 0 Å². The molecule has 1 N–H and O–H groups in total. The van der Waals surface area contributed by atoms with E-state index in [4.69, 9.17) is 21.2 Å². The Labute approximate surface area is 91.5 Å². The Morgan fingerprint density at radius 1 is 1.47 bits per heavy atom. The van der Waals surface area contributed by atoms with Gasteiger partial charge in [-0.3, -0.25) is 0 Å². The molecule has 0 fully saturated rings. The van der Waals surface area contributed by atoms with E-state index in [-0.39, 0.29) is 12.4 Å². The first-order valence-electron chi connectivity index (χ1n) is 4.40. The fourth-order valence-corrected chi connectivity index (χ4v) is 1.52. The second-order valence-corrected chi connectivity index (χ2v) is 3.57. The number of aromatic nitrogens is 2. The van der Waals surface area contributed by atoms with Crippen LogP contribution in [-0.4, -0.2) is 15.2 Å². The van der Waals surface area contributed by atoms with E-state index in [9.17, 15) is 0 Å². The van der Waals surface area contributed by atoms with Crippen LogP contribution in [0.2, 0.25) is 5.02 Å². The van der Waals surface area contributed by atoms with E-state index in [1.807, 2.05) is 19.1 Å². The van der Waals surface area contributed by atoms with E-state index in [0.717, 1.165) is 11.1 Å². The van der Waals surface area contributed by atoms with Crippen molar-refractivity contribution in [3.05, 3.63) is 34.6 Å². The Bertz CT molecular complexity index is 482. The van der Waals surface area contributed by atoms with Gasteiger partial charge < -0.3 is 9.63 Å². The topological polar surface area (TPSA) is 59.2 Å². The Balaban J connectivity index is 2.44. The van der Waals surface area contributed by atoms with Crippen molar-refractivity contribution in [2.75, 3.05) is 0 Å². The molecule has 0 spiro atoms. The van der Waals surface area contributed by atoms with Crippen LogP contribution < -0.4 is 0 Å². The molecule has 0 bridgehead atoms. The first-order chi connectivity index (χ1) is 7.20. The molecule has 0 amide bonds. The van der Waals surface area contributed by atoms with Crippen molar-refractivity contribution >= 4 is 11.6 Å². The highest BCUT2D eigenvalue weighted by Gasteiger charge is 2.10. The Hall–Kier alpha value is -1.39. The molecule has 0 radical (unpaired) electrons. The van der Waals surface area contributed by atoms with E-state index in [2.05, 4.69) is 10.1 Å². The van der Waals surface area contributed by atoms with Crippen LogP contribution >= 0.6 is 11.6 Å². The lowest BCUT2D eigenvalue weighted by atomic mass is 10.1. The molecule has 1 aromatic heterocycles. The van der Waals surface area contributed by atoms with Crippen molar-refractivity contribution in [2.45, 2.75) is 13.5 Å². The van der Waals surface area contributed by atoms with Crippen molar-refractivity contribution in [1.29, 1.82) is 0 Å². The molecule has 2 rings (SSSR count). The van der Waals surface area contributed by atoms with Crippen LogP contribution in [0.5, 0.6) is 0 Å². The maximum atomic E-state index is 8.81. The molecule has 0 saturated heterocycles. The zero-order valence-electron chi connectivity index (χ0n) is 8.07. The Morgan fingerprint density at radius 2 is 2.27 bits per heavy atom. The number of halogens is 1. The molecule has 5 heteroatoms. The van der Waals surface area contributed by atoms with Crippen LogP contribution in [0.15, 0.2) is 22.7 Å². The largest absolute Gasteiger partial charge is 0.388 e. The highest BCUT2D eigenvalue weighted by Crippen LogP contribution is 2.24. The standard InChI is InChI=1S/C10H9ClN2O2/c1-6-4-7(11)2-3-8(6)10-12-9(5-14)13-15-10/h2-4,14H,5H2,1H3. The highest BCUT2D eigenvalue weighted by atomic mass is 35.5. The Kier molecular flexibility index (Phi) is 2.70. The van der Waals surface area contributed by atoms with E-state index >= 15 is 0 Å². The summed E-state index contributed by atoms with van der Waals surface area (Å²) < 4.78 is 5.00. The molecule has 0 atom stereocenters. The molecule has 0 aliphatic heterocycles. The molecule has 78 valence electrons. The van der Waals surface area contributed by atoms with E-state index in [1.165, 1.54) is 0 Å². The number of hydrogen-bond donors (Lipinski definition) is 1. The average Bonchev–Trinajstić information content (AvgIpc) is 2.66. The lowest BCUT2D eigenvalue weighted by molar-refractivity contribution is 0.264. The number of aryl methyl sites for hydroxylation is 1. The van der Waals surface area contributed by atoms with E-state index < -0.39 is 0 Å². The van der Waals surface area contributed by atoms with Crippen LogP contribution in [0.4, 0.5) is 0 Å². The van der Waals surface area contributed by atoms with Gasteiger partial charge in [0.15, 0.2) is 5.82 Å². The highest BCUT2D eigenvalue weighted by molar-refractivity contribution is 6.30. The smallest absolute Gasteiger partial charge is 0.258 e. The van der Waals surface area contributed by atoms with Gasteiger partial charge in [0.05, 0.1) is 0 Å². The predicted octanol–water partition coefficient (Wildman–Crippen LogP) is 2.19. The lowest BCUT2D eigenvalue weighted by Gasteiger charge is -1.99. The number of nitrogens with zero attached hydrogens (tertiary/aromatic N) is 2. The van der Waals surface area contributed by atoms with E-state index in [1.54, 1.807) is 6.07 Å². The quantitative estimate of drug-likeness (QED) is 0.850. The minimum atomic E-state index is -0.226. The summed E-state index contributed by atoms with van der Waals surface area (Å²) in [7, 11) is 0. The molecular weight excluding hydrogens is 216 g/mol. The summed E-state index contributed by atoms with van der Waals surface area (Å²) in [6, 6.07) is 5.39. The molecule has 2 aromatic rings. The summed E-state index contributed by atoms with van der Waals surface area (Å²) in [5, 5.41) is 13.1. The molecule has 0 aliphatic carbocycles. The van der Waals surface area contributed by atoms with Gasteiger partial charge in [0.1, 0.15) is 6.61 Å². The van der Waals surface area contributed by atoms with Crippen LogP contribution in [0, 0.1) is 6.92 Å². The molecule has 1 heterocycles. The van der Waals surface area contributed by atoms with Crippen LogP contribution in [0.1, 0.15) is 11.4 Å². The van der Waals surface area contributed by atoms with Gasteiger partial charge in [-0.15, -0.1) is 0 Å². The minimum absolute atomic E-state index is 0.226. The zero-order chi connectivity index (χ0) is 10.8. The van der Waals surface area contributed by atoms with Gasteiger partial charge in [0.25, 0.3) is 5.89 Å². The van der Waals surface area contributed by atoms with Crippen LogP contribution in [0.25, 0.3) is 11.5 Å². The molecule has 0 aliphatic rings. The zero-order valence-corrected chi connectivity index (χ0v) is 8.82. The third-order valence-corrected chi connectivity index (χ3v) is 2.26. The van der Waals surface area contributed by atoms with Gasteiger partial charge in [-0.05, 0) is 30.7 Å². The molecule has 0 saturated carbocycles. The van der Waals surface area contributed by atoms with Gasteiger partial charge in [-0.1, -0.05) is 16.8 Å². The maximum absolute atomic E-state index is 8.81. The summed E-state index contributed by atoms with van der Waals surface area (Å²) in [4.78, 5) is 4.02. The van der Waals surface area contributed by atoms with E-state index in [0.29, 0.717) is 10.9 Å². The molecule has 4 nitrogen and oxygen atoms in total. The van der Waals surface area contributed by atoms with Crippen LogP contribution in [0.3, 0.4) is 0 Å². The van der Waals surface area contributed by atoms with Crippen molar-refractivity contribution in [3.8, 4) is 11.5 Å². The maximum Gasteiger partial charge on any atom is 0.258 e. The summed E-state index contributed by atoms with van der Waals surface area (Å²) in [5.41, 5.74) is 1.78. The molecule has 15 heavy (non-hydrogen) atoms. The summed E-state index contributed by atoms with van der Waals surface area (Å²) in [6.45, 7) is 1.68. The minimum Gasteiger partial charge on any atom is -0.388 e. The summed E-state index contributed by atoms with van der Waals surface area (Å²) in [6.07, 6.45) is 0. The number of aliphatic hydroxyl groups excluding tert-OH is 1. The lowest BCUT2D eigenvalue weighted by Crippen LogP contribution is -1.86. The predicted molar refractivity (Wildman–Crippen MR) is 55.4 cm³/mol. The monoisotopic (exact) mass is 224 g/mol. The van der Waals surface area contributed by atoms with Crippen molar-refractivity contribution in [3.63, 3.8) is 0 Å². The summed E-state index contributed by atoms with van der Waals surface area (Å²) in [5.74, 6) is 0.674. The van der Waals surface area contributed by atoms with Crippen molar-refractivity contribution < 1.29 is 9.63 Å². The number of rotatable bonds is 2. The molecule has 0 unspecified atom stereocenters. The van der Waals surface area contributed by atoms with Crippen molar-refractivity contribution in [1.82, 2.24) is 10.1 Å². The first kappa shape index (κ1) is 10.1. The fourth-order valence-electron chi connectivity index (χ4n) is 1.29. The fraction of sp³-hybridized carbons (Fsp3) is 0.200. The number of hydrogen-bond acceptors (Lipinski definition) is 4. The number of benzene rings is 1. The van der Waals surface area contributed by atoms with Gasteiger partial charge in [0, 0.05) is 10.6 Å². The second-order valence-electron chi connectivity index (χ2n) is 3.13.